The van der Waals surface area contributed by atoms with Crippen molar-refractivity contribution in [1.82, 2.24) is 19.9 Å². The second-order valence-corrected chi connectivity index (χ2v) is 4.85. The van der Waals surface area contributed by atoms with Crippen LogP contribution in [0.2, 0.25) is 5.28 Å². The molecule has 2 heterocycles. The average Bonchev–Trinajstić information content (AvgIpc) is 2.63. The highest BCUT2D eigenvalue weighted by atomic mass is 35.5. The Balaban J connectivity index is 2.19. The predicted molar refractivity (Wildman–Crippen MR) is 68.2 cm³/mol. The van der Waals surface area contributed by atoms with Gasteiger partial charge in [0.25, 0.3) is 0 Å². The number of hydrogen-bond donors (Lipinski definition) is 1. The molecular formula is C10H17ClN6. The monoisotopic (exact) mass is 256 g/mol. The van der Waals surface area contributed by atoms with Crippen molar-refractivity contribution in [2.75, 3.05) is 37.8 Å². The lowest BCUT2D eigenvalue weighted by Crippen LogP contribution is -2.38. The zero-order valence-electron chi connectivity index (χ0n) is 10.1. The van der Waals surface area contributed by atoms with Crippen LogP contribution in [0, 0.1) is 0 Å². The molecule has 1 aliphatic heterocycles. The van der Waals surface area contributed by atoms with E-state index in [1.165, 1.54) is 0 Å². The van der Waals surface area contributed by atoms with E-state index in [1.807, 2.05) is 0 Å². The lowest BCUT2D eigenvalue weighted by Gasteiger charge is -2.26. The van der Waals surface area contributed by atoms with Crippen molar-refractivity contribution in [1.29, 1.82) is 0 Å². The number of anilines is 2. The average molecular weight is 257 g/mol. The summed E-state index contributed by atoms with van der Waals surface area (Å²) < 4.78 is 0. The van der Waals surface area contributed by atoms with Gasteiger partial charge in [-0.25, -0.2) is 0 Å². The summed E-state index contributed by atoms with van der Waals surface area (Å²) in [4.78, 5) is 16.4. The van der Waals surface area contributed by atoms with E-state index in [0.717, 1.165) is 25.9 Å². The van der Waals surface area contributed by atoms with Crippen LogP contribution in [0.5, 0.6) is 0 Å². The fourth-order valence-corrected chi connectivity index (χ4v) is 2.36. The van der Waals surface area contributed by atoms with Gasteiger partial charge in [0, 0.05) is 19.1 Å². The Morgan fingerprint density at radius 3 is 2.82 bits per heavy atom. The molecule has 0 bridgehead atoms. The first kappa shape index (κ1) is 12.3. The maximum absolute atomic E-state index is 5.80. The lowest BCUT2D eigenvalue weighted by molar-refractivity contribution is 0.371. The summed E-state index contributed by atoms with van der Waals surface area (Å²) in [6.45, 7) is 1.92. The molecule has 6 nitrogen and oxygen atoms in total. The largest absolute Gasteiger partial charge is 0.368 e. The van der Waals surface area contributed by atoms with Crippen LogP contribution in [0.15, 0.2) is 0 Å². The second kappa shape index (κ2) is 5.01. The Bertz CT molecular complexity index is 376. The van der Waals surface area contributed by atoms with E-state index in [4.69, 9.17) is 17.3 Å². The van der Waals surface area contributed by atoms with Gasteiger partial charge in [0.1, 0.15) is 0 Å². The summed E-state index contributed by atoms with van der Waals surface area (Å²) in [5, 5.41) is 0.156. The maximum atomic E-state index is 5.80. The smallest absolute Gasteiger partial charge is 0.231 e. The fraction of sp³-hybridized carbons (Fsp3) is 0.700. The van der Waals surface area contributed by atoms with Crippen molar-refractivity contribution < 1.29 is 0 Å². The van der Waals surface area contributed by atoms with E-state index in [9.17, 15) is 0 Å². The molecule has 1 saturated heterocycles. The molecule has 1 aromatic heterocycles. The van der Waals surface area contributed by atoms with Crippen molar-refractivity contribution in [3.63, 3.8) is 0 Å². The highest BCUT2D eigenvalue weighted by Crippen LogP contribution is 2.23. The second-order valence-electron chi connectivity index (χ2n) is 4.51. The van der Waals surface area contributed by atoms with E-state index in [2.05, 4.69) is 38.8 Å². The van der Waals surface area contributed by atoms with Crippen LogP contribution >= 0.6 is 11.6 Å². The van der Waals surface area contributed by atoms with Crippen LogP contribution in [-0.2, 0) is 0 Å². The molecular weight excluding hydrogens is 240 g/mol. The Hall–Kier alpha value is -1.14. The molecule has 0 radical (unpaired) electrons. The quantitative estimate of drug-likeness (QED) is 0.856. The number of hydrogen-bond acceptors (Lipinski definition) is 6. The molecule has 0 aliphatic carbocycles. The first-order valence-corrected chi connectivity index (χ1v) is 6.02. The Morgan fingerprint density at radius 2 is 2.18 bits per heavy atom. The lowest BCUT2D eigenvalue weighted by atomic mass is 10.2. The maximum Gasteiger partial charge on any atom is 0.231 e. The third-order valence-electron chi connectivity index (χ3n) is 2.82. The molecule has 17 heavy (non-hydrogen) atoms. The van der Waals surface area contributed by atoms with Crippen LogP contribution in [-0.4, -0.2) is 53.1 Å². The molecule has 2 rings (SSSR count). The number of nitrogens with zero attached hydrogens (tertiary/aromatic N) is 5. The van der Waals surface area contributed by atoms with Gasteiger partial charge in [-0.3, -0.25) is 0 Å². The molecule has 2 N–H and O–H groups in total. The van der Waals surface area contributed by atoms with Crippen molar-refractivity contribution in [2.24, 2.45) is 0 Å². The van der Waals surface area contributed by atoms with Crippen molar-refractivity contribution in [2.45, 2.75) is 18.9 Å². The number of rotatable bonds is 3. The molecule has 0 saturated carbocycles. The van der Waals surface area contributed by atoms with Crippen molar-refractivity contribution in [3.8, 4) is 0 Å². The van der Waals surface area contributed by atoms with Crippen LogP contribution in [0.3, 0.4) is 0 Å². The number of halogens is 1. The van der Waals surface area contributed by atoms with Gasteiger partial charge in [0.15, 0.2) is 0 Å². The van der Waals surface area contributed by atoms with Gasteiger partial charge in [-0.2, -0.15) is 15.0 Å². The highest BCUT2D eigenvalue weighted by Gasteiger charge is 2.27. The third-order valence-corrected chi connectivity index (χ3v) is 2.99. The molecule has 0 amide bonds. The van der Waals surface area contributed by atoms with E-state index in [-0.39, 0.29) is 11.2 Å². The number of nitrogen functional groups attached to an aromatic ring is 1. The molecule has 94 valence electrons. The first-order chi connectivity index (χ1) is 8.06. The molecule has 1 fully saturated rings. The molecule has 0 aromatic carbocycles. The normalized spacial score (nSPS) is 20.2. The topological polar surface area (TPSA) is 71.2 Å². The Morgan fingerprint density at radius 1 is 1.41 bits per heavy atom. The molecule has 1 unspecified atom stereocenters. The van der Waals surface area contributed by atoms with Gasteiger partial charge in [0.2, 0.25) is 17.2 Å². The van der Waals surface area contributed by atoms with Gasteiger partial charge in [-0.15, -0.1) is 0 Å². The van der Waals surface area contributed by atoms with E-state index >= 15 is 0 Å². The third kappa shape index (κ3) is 2.95. The van der Waals surface area contributed by atoms with E-state index < -0.39 is 0 Å². The summed E-state index contributed by atoms with van der Waals surface area (Å²) in [5.41, 5.74) is 5.59. The molecule has 7 heteroatoms. The van der Waals surface area contributed by atoms with Crippen molar-refractivity contribution in [3.05, 3.63) is 5.28 Å². The summed E-state index contributed by atoms with van der Waals surface area (Å²) in [6, 6.07) is 0.419. The number of likely N-dealkylation sites (N-methyl/N-ethyl adjacent to an activating group) is 1. The van der Waals surface area contributed by atoms with Crippen LogP contribution in [0.4, 0.5) is 11.9 Å². The van der Waals surface area contributed by atoms with Gasteiger partial charge < -0.3 is 15.5 Å². The minimum absolute atomic E-state index is 0.156. The Kier molecular flexibility index (Phi) is 3.63. The zero-order chi connectivity index (χ0) is 12.4. The number of aromatic nitrogens is 3. The first-order valence-electron chi connectivity index (χ1n) is 5.64. The molecule has 1 aliphatic rings. The molecule has 0 spiro atoms. The van der Waals surface area contributed by atoms with Crippen LogP contribution in [0.1, 0.15) is 12.8 Å². The zero-order valence-corrected chi connectivity index (χ0v) is 10.9. The molecule has 1 aromatic rings. The SMILES string of the molecule is CN(C)CC1CCCN1c1nc(N)nc(Cl)n1. The molecule has 1 atom stereocenters. The number of nitrogens with two attached hydrogens (primary N) is 1. The highest BCUT2D eigenvalue weighted by molar-refractivity contribution is 6.28. The summed E-state index contributed by atoms with van der Waals surface area (Å²) in [7, 11) is 4.12. The minimum Gasteiger partial charge on any atom is -0.368 e. The van der Waals surface area contributed by atoms with Gasteiger partial charge in [0.05, 0.1) is 0 Å². The summed E-state index contributed by atoms with van der Waals surface area (Å²) in [5.74, 6) is 0.766. The summed E-state index contributed by atoms with van der Waals surface area (Å²) in [6.07, 6.45) is 2.28. The van der Waals surface area contributed by atoms with Crippen LogP contribution < -0.4 is 10.6 Å². The Labute approximate surface area is 106 Å². The fourth-order valence-electron chi connectivity index (χ4n) is 2.19. The van der Waals surface area contributed by atoms with Gasteiger partial charge >= 0.3 is 0 Å². The standard InChI is InChI=1S/C10H17ClN6/c1-16(2)6-7-4-3-5-17(7)10-14-8(11)13-9(12)15-10/h7H,3-6H2,1-2H3,(H2,12,13,14,15). The minimum atomic E-state index is 0.156. The predicted octanol–water partition coefficient (Wildman–Crippen LogP) is 0.638. The van der Waals surface area contributed by atoms with E-state index in [0.29, 0.717) is 12.0 Å². The van der Waals surface area contributed by atoms with Crippen LogP contribution in [0.25, 0.3) is 0 Å². The van der Waals surface area contributed by atoms with Gasteiger partial charge in [-0.05, 0) is 38.5 Å². The van der Waals surface area contributed by atoms with Crippen molar-refractivity contribution >= 4 is 23.5 Å². The van der Waals surface area contributed by atoms with Gasteiger partial charge in [-0.1, -0.05) is 0 Å². The summed E-state index contributed by atoms with van der Waals surface area (Å²) >= 11 is 5.80. The van der Waals surface area contributed by atoms with E-state index in [1.54, 1.807) is 0 Å².